The number of nitrogens with zero attached hydrogens (tertiary/aromatic N) is 1. The molecule has 0 atom stereocenters. The molecule has 0 amide bonds. The first-order valence-electron chi connectivity index (χ1n) is 4.28. The maximum absolute atomic E-state index is 8.36. The first-order chi connectivity index (χ1) is 7.54. The lowest BCUT2D eigenvalue weighted by Crippen LogP contribution is -2.15. The lowest BCUT2D eigenvalue weighted by atomic mass is 10.3. The van der Waals surface area contributed by atoms with Crippen molar-refractivity contribution >= 4 is 53.6 Å². The van der Waals surface area contributed by atoms with Gasteiger partial charge in [-0.25, -0.2) is 0 Å². The molecule has 0 radical (unpaired) electrons. The lowest BCUT2D eigenvalue weighted by molar-refractivity contribution is 0.304. The van der Waals surface area contributed by atoms with Gasteiger partial charge in [0.15, 0.2) is 0 Å². The molecule has 0 heterocycles. The predicted molar refractivity (Wildman–Crippen MR) is 73.1 cm³/mol. The summed E-state index contributed by atoms with van der Waals surface area (Å²) in [4.78, 5) is 0. The molecule has 7 heteroatoms. The minimum Gasteiger partial charge on any atom is -0.491 e. The van der Waals surface area contributed by atoms with Crippen molar-refractivity contribution in [3.8, 4) is 5.75 Å². The fraction of sp³-hybridized carbons (Fsp3) is 0.222. The monoisotopic (exact) mass is 414 g/mol. The van der Waals surface area contributed by atoms with Gasteiger partial charge in [-0.2, -0.15) is 0 Å². The summed E-state index contributed by atoms with van der Waals surface area (Å²) in [5, 5.41) is 11.2. The van der Waals surface area contributed by atoms with E-state index >= 15 is 0 Å². The standard InChI is InChI=1S/C9H9Br3N2O2/c10-5-3-6(11)9(7(12)4-5)16-2-1-8(13)14-15/h3-4,15H,1-2H2,(H2,13,14). The van der Waals surface area contributed by atoms with Gasteiger partial charge in [-0.05, 0) is 44.0 Å². The average molecular weight is 417 g/mol. The van der Waals surface area contributed by atoms with E-state index in [0.717, 1.165) is 13.4 Å². The summed E-state index contributed by atoms with van der Waals surface area (Å²) in [5.41, 5.74) is 5.33. The number of oxime groups is 1. The maximum atomic E-state index is 8.36. The highest BCUT2D eigenvalue weighted by atomic mass is 79.9. The first-order valence-corrected chi connectivity index (χ1v) is 6.66. The Kier molecular flexibility index (Phi) is 5.57. The molecule has 0 aromatic heterocycles. The summed E-state index contributed by atoms with van der Waals surface area (Å²) in [6.45, 7) is 0.342. The van der Waals surface area contributed by atoms with E-state index in [9.17, 15) is 0 Å². The van der Waals surface area contributed by atoms with Crippen LogP contribution in [0, 0.1) is 0 Å². The highest BCUT2D eigenvalue weighted by Crippen LogP contribution is 2.36. The van der Waals surface area contributed by atoms with E-state index in [4.69, 9.17) is 15.7 Å². The van der Waals surface area contributed by atoms with E-state index < -0.39 is 0 Å². The van der Waals surface area contributed by atoms with Gasteiger partial charge in [-0.15, -0.1) is 0 Å². The number of ether oxygens (including phenoxy) is 1. The van der Waals surface area contributed by atoms with Gasteiger partial charge >= 0.3 is 0 Å². The summed E-state index contributed by atoms with van der Waals surface area (Å²) in [6, 6.07) is 3.76. The van der Waals surface area contributed by atoms with Gasteiger partial charge in [0.05, 0.1) is 15.6 Å². The fourth-order valence-electron chi connectivity index (χ4n) is 0.975. The second-order valence-electron chi connectivity index (χ2n) is 2.89. The quantitative estimate of drug-likeness (QED) is 0.342. The molecule has 0 saturated heterocycles. The molecular formula is C9H9Br3N2O2. The molecule has 0 aliphatic carbocycles. The minimum atomic E-state index is 0.143. The van der Waals surface area contributed by atoms with Crippen molar-refractivity contribution in [2.45, 2.75) is 6.42 Å². The van der Waals surface area contributed by atoms with Gasteiger partial charge in [0.2, 0.25) is 0 Å². The van der Waals surface area contributed by atoms with Gasteiger partial charge in [0.25, 0.3) is 0 Å². The Bertz CT molecular complexity index is 387. The molecule has 0 fully saturated rings. The fourth-order valence-corrected chi connectivity index (χ4v) is 3.46. The summed E-state index contributed by atoms with van der Waals surface area (Å²) in [6.07, 6.45) is 0.367. The second kappa shape index (κ2) is 6.46. The van der Waals surface area contributed by atoms with Crippen molar-refractivity contribution in [3.63, 3.8) is 0 Å². The van der Waals surface area contributed by atoms with Crippen molar-refractivity contribution in [1.29, 1.82) is 0 Å². The minimum absolute atomic E-state index is 0.143. The Morgan fingerprint density at radius 1 is 1.31 bits per heavy atom. The number of benzene rings is 1. The molecule has 0 spiro atoms. The van der Waals surface area contributed by atoms with Crippen LogP contribution in [0.3, 0.4) is 0 Å². The zero-order valence-electron chi connectivity index (χ0n) is 8.08. The molecule has 0 bridgehead atoms. The van der Waals surface area contributed by atoms with Crippen molar-refractivity contribution in [2.75, 3.05) is 6.61 Å². The molecule has 4 nitrogen and oxygen atoms in total. The number of rotatable bonds is 4. The second-order valence-corrected chi connectivity index (χ2v) is 5.51. The van der Waals surface area contributed by atoms with Crippen molar-refractivity contribution < 1.29 is 9.94 Å². The van der Waals surface area contributed by atoms with Crippen LogP contribution < -0.4 is 10.5 Å². The molecule has 3 N–H and O–H groups in total. The number of hydrogen-bond acceptors (Lipinski definition) is 3. The third-order valence-corrected chi connectivity index (χ3v) is 3.33. The van der Waals surface area contributed by atoms with E-state index in [1.807, 2.05) is 12.1 Å². The van der Waals surface area contributed by atoms with Gasteiger partial charge in [0.1, 0.15) is 11.6 Å². The van der Waals surface area contributed by atoms with Crippen LogP contribution in [-0.4, -0.2) is 17.6 Å². The molecule has 16 heavy (non-hydrogen) atoms. The van der Waals surface area contributed by atoms with Crippen LogP contribution >= 0.6 is 47.8 Å². The number of amidine groups is 1. The Labute approximate surface area is 118 Å². The zero-order chi connectivity index (χ0) is 12.1. The van der Waals surface area contributed by atoms with Gasteiger partial charge in [0, 0.05) is 10.9 Å². The van der Waals surface area contributed by atoms with E-state index in [2.05, 4.69) is 52.9 Å². The molecule has 1 aromatic carbocycles. The van der Waals surface area contributed by atoms with Crippen molar-refractivity contribution in [2.24, 2.45) is 10.9 Å². The van der Waals surface area contributed by atoms with E-state index in [0.29, 0.717) is 18.8 Å². The highest BCUT2D eigenvalue weighted by Gasteiger charge is 2.08. The van der Waals surface area contributed by atoms with Gasteiger partial charge in [-0.3, -0.25) is 0 Å². The molecule has 88 valence electrons. The molecule has 0 saturated carbocycles. The SMILES string of the molecule is N/C(CCOc1c(Br)cc(Br)cc1Br)=N\O. The van der Waals surface area contributed by atoms with E-state index in [1.165, 1.54) is 0 Å². The molecule has 0 unspecified atom stereocenters. The summed E-state index contributed by atoms with van der Waals surface area (Å²) in [7, 11) is 0. The third-order valence-electron chi connectivity index (χ3n) is 1.70. The number of hydrogen-bond donors (Lipinski definition) is 2. The largest absolute Gasteiger partial charge is 0.491 e. The van der Waals surface area contributed by atoms with Gasteiger partial charge in [-0.1, -0.05) is 21.1 Å². The third kappa shape index (κ3) is 3.95. The Morgan fingerprint density at radius 2 is 1.88 bits per heavy atom. The van der Waals surface area contributed by atoms with Crippen LogP contribution in [-0.2, 0) is 0 Å². The molecule has 1 aromatic rings. The van der Waals surface area contributed by atoms with Crippen molar-refractivity contribution in [1.82, 2.24) is 0 Å². The topological polar surface area (TPSA) is 67.8 Å². The average Bonchev–Trinajstić information content (AvgIpc) is 2.21. The van der Waals surface area contributed by atoms with E-state index in [1.54, 1.807) is 0 Å². The summed E-state index contributed by atoms with van der Waals surface area (Å²) < 4.78 is 8.10. The number of halogens is 3. The van der Waals surface area contributed by atoms with E-state index in [-0.39, 0.29) is 5.84 Å². The normalized spacial score (nSPS) is 11.6. The Balaban J connectivity index is 2.67. The summed E-state index contributed by atoms with van der Waals surface area (Å²) in [5.74, 6) is 0.832. The smallest absolute Gasteiger partial charge is 0.147 e. The van der Waals surface area contributed by atoms with Gasteiger partial charge < -0.3 is 15.7 Å². The molecule has 0 aliphatic heterocycles. The maximum Gasteiger partial charge on any atom is 0.147 e. The predicted octanol–water partition coefficient (Wildman–Crippen LogP) is 3.49. The van der Waals surface area contributed by atoms with Crippen LogP contribution in [0.4, 0.5) is 0 Å². The zero-order valence-corrected chi connectivity index (χ0v) is 12.8. The van der Waals surface area contributed by atoms with Crippen LogP contribution in [0.5, 0.6) is 5.75 Å². The van der Waals surface area contributed by atoms with Crippen molar-refractivity contribution in [3.05, 3.63) is 25.6 Å². The molecular weight excluding hydrogens is 408 g/mol. The van der Waals surface area contributed by atoms with Crippen LogP contribution in [0.1, 0.15) is 6.42 Å². The Hall–Kier alpha value is -0.270. The van der Waals surface area contributed by atoms with Crippen LogP contribution in [0.25, 0.3) is 0 Å². The molecule has 0 aliphatic rings. The summed E-state index contributed by atoms with van der Waals surface area (Å²) >= 11 is 10.1. The van der Waals surface area contributed by atoms with Crippen LogP contribution in [0.15, 0.2) is 30.7 Å². The lowest BCUT2D eigenvalue weighted by Gasteiger charge is -2.10. The molecule has 1 rings (SSSR count). The first kappa shape index (κ1) is 13.8. The van der Waals surface area contributed by atoms with Crippen LogP contribution in [0.2, 0.25) is 0 Å². The number of nitrogens with two attached hydrogens (primary N) is 1. The Morgan fingerprint density at radius 3 is 2.38 bits per heavy atom. The highest BCUT2D eigenvalue weighted by molar-refractivity contribution is 9.11.